The van der Waals surface area contributed by atoms with Gasteiger partial charge in [0, 0.05) is 13.0 Å². The molecule has 1 atom stereocenters. The van der Waals surface area contributed by atoms with Gasteiger partial charge in [-0.15, -0.1) is 10.2 Å². The number of rotatable bonds is 6. The minimum absolute atomic E-state index is 0.0648. The van der Waals surface area contributed by atoms with Gasteiger partial charge in [-0.3, -0.25) is 4.90 Å². The SMILES string of the molecule is CCc1nnc(C(C)N(CC)CCO)o1. The Hall–Kier alpha value is -0.940. The van der Waals surface area contributed by atoms with Crippen molar-refractivity contribution >= 4 is 0 Å². The Labute approximate surface area is 90.1 Å². The van der Waals surface area contributed by atoms with Crippen molar-refractivity contribution in [3.8, 4) is 0 Å². The molecule has 1 aromatic rings. The number of hydrogen-bond donors (Lipinski definition) is 1. The summed E-state index contributed by atoms with van der Waals surface area (Å²) in [5.74, 6) is 1.29. The lowest BCUT2D eigenvalue weighted by molar-refractivity contribution is 0.148. The average Bonchev–Trinajstić information content (AvgIpc) is 2.73. The minimum atomic E-state index is 0.0648. The third kappa shape index (κ3) is 3.00. The number of likely N-dealkylation sites (N-methyl/N-ethyl adjacent to an activating group) is 1. The van der Waals surface area contributed by atoms with Gasteiger partial charge in [0.2, 0.25) is 11.8 Å². The van der Waals surface area contributed by atoms with Gasteiger partial charge in [0.05, 0.1) is 12.6 Å². The summed E-state index contributed by atoms with van der Waals surface area (Å²) in [5.41, 5.74) is 0. The van der Waals surface area contributed by atoms with Crippen molar-refractivity contribution < 1.29 is 9.52 Å². The number of aliphatic hydroxyl groups is 1. The van der Waals surface area contributed by atoms with Crippen LogP contribution in [0.5, 0.6) is 0 Å². The zero-order valence-corrected chi connectivity index (χ0v) is 9.60. The van der Waals surface area contributed by atoms with Crippen LogP contribution in [0.2, 0.25) is 0 Å². The molecule has 0 fully saturated rings. The summed E-state index contributed by atoms with van der Waals surface area (Å²) in [6, 6.07) is 0.0648. The van der Waals surface area contributed by atoms with E-state index in [1.807, 2.05) is 20.8 Å². The standard InChI is InChI=1S/C10H19N3O2/c1-4-9-11-12-10(15-9)8(3)13(5-2)6-7-14/h8,14H,4-7H2,1-3H3. The van der Waals surface area contributed by atoms with Gasteiger partial charge < -0.3 is 9.52 Å². The van der Waals surface area contributed by atoms with E-state index in [4.69, 9.17) is 9.52 Å². The van der Waals surface area contributed by atoms with Crippen molar-refractivity contribution in [2.75, 3.05) is 19.7 Å². The Morgan fingerprint density at radius 2 is 2.13 bits per heavy atom. The topological polar surface area (TPSA) is 62.4 Å². The number of aryl methyl sites for hydroxylation is 1. The molecule has 1 N–H and O–H groups in total. The normalized spacial score (nSPS) is 13.4. The van der Waals surface area contributed by atoms with Crippen molar-refractivity contribution in [3.63, 3.8) is 0 Å². The maximum absolute atomic E-state index is 8.91. The molecule has 0 radical (unpaired) electrons. The van der Waals surface area contributed by atoms with Gasteiger partial charge >= 0.3 is 0 Å². The predicted molar refractivity (Wildman–Crippen MR) is 56.4 cm³/mol. The van der Waals surface area contributed by atoms with Crippen LogP contribution in [0, 0.1) is 0 Å². The van der Waals surface area contributed by atoms with Crippen molar-refractivity contribution in [1.82, 2.24) is 15.1 Å². The summed E-state index contributed by atoms with van der Waals surface area (Å²) in [7, 11) is 0. The number of aliphatic hydroxyl groups excluding tert-OH is 1. The molecular formula is C10H19N3O2. The molecule has 0 aliphatic carbocycles. The Morgan fingerprint density at radius 1 is 1.40 bits per heavy atom. The lowest BCUT2D eigenvalue weighted by atomic mass is 10.3. The maximum Gasteiger partial charge on any atom is 0.233 e. The Balaban J connectivity index is 2.68. The second-order valence-corrected chi connectivity index (χ2v) is 3.42. The van der Waals surface area contributed by atoms with Gasteiger partial charge in [0.15, 0.2) is 0 Å². The molecule has 1 unspecified atom stereocenters. The predicted octanol–water partition coefficient (Wildman–Crippen LogP) is 1.01. The van der Waals surface area contributed by atoms with Gasteiger partial charge in [-0.1, -0.05) is 13.8 Å². The molecule has 1 rings (SSSR count). The molecule has 0 amide bonds. The van der Waals surface area contributed by atoms with Crippen molar-refractivity contribution in [1.29, 1.82) is 0 Å². The largest absolute Gasteiger partial charge is 0.424 e. The van der Waals surface area contributed by atoms with Gasteiger partial charge in [0.1, 0.15) is 0 Å². The first-order valence-corrected chi connectivity index (χ1v) is 5.40. The molecule has 0 bridgehead atoms. The highest BCUT2D eigenvalue weighted by molar-refractivity contribution is 4.88. The summed E-state index contributed by atoms with van der Waals surface area (Å²) in [5, 5.41) is 16.8. The highest BCUT2D eigenvalue weighted by Crippen LogP contribution is 2.18. The van der Waals surface area contributed by atoms with E-state index < -0.39 is 0 Å². The fourth-order valence-electron chi connectivity index (χ4n) is 1.49. The van der Waals surface area contributed by atoms with Crippen molar-refractivity contribution in [2.45, 2.75) is 33.2 Å². The van der Waals surface area contributed by atoms with E-state index in [2.05, 4.69) is 15.1 Å². The summed E-state index contributed by atoms with van der Waals surface area (Å²) in [4.78, 5) is 2.09. The van der Waals surface area contributed by atoms with Crippen LogP contribution in [0.4, 0.5) is 0 Å². The first-order valence-electron chi connectivity index (χ1n) is 5.40. The first-order chi connectivity index (χ1) is 7.22. The number of nitrogens with zero attached hydrogens (tertiary/aromatic N) is 3. The molecular weight excluding hydrogens is 194 g/mol. The van der Waals surface area contributed by atoms with E-state index in [0.29, 0.717) is 18.3 Å². The highest BCUT2D eigenvalue weighted by atomic mass is 16.4. The third-order valence-electron chi connectivity index (χ3n) is 2.48. The zero-order valence-electron chi connectivity index (χ0n) is 9.60. The maximum atomic E-state index is 8.91. The van der Waals surface area contributed by atoms with E-state index >= 15 is 0 Å². The van der Waals surface area contributed by atoms with Crippen LogP contribution in [-0.2, 0) is 6.42 Å². The molecule has 0 aromatic carbocycles. The van der Waals surface area contributed by atoms with Crippen LogP contribution < -0.4 is 0 Å². The van der Waals surface area contributed by atoms with Crippen molar-refractivity contribution in [2.24, 2.45) is 0 Å². The molecule has 15 heavy (non-hydrogen) atoms. The molecule has 0 saturated heterocycles. The van der Waals surface area contributed by atoms with E-state index in [9.17, 15) is 0 Å². The lowest BCUT2D eigenvalue weighted by Crippen LogP contribution is -2.29. The van der Waals surface area contributed by atoms with Crippen LogP contribution in [0.25, 0.3) is 0 Å². The quantitative estimate of drug-likeness (QED) is 0.764. The molecule has 0 spiro atoms. The summed E-state index contributed by atoms with van der Waals surface area (Å²) in [6.45, 7) is 7.66. The van der Waals surface area contributed by atoms with Gasteiger partial charge in [-0.05, 0) is 13.5 Å². The van der Waals surface area contributed by atoms with E-state index in [1.165, 1.54) is 0 Å². The van der Waals surface area contributed by atoms with E-state index in [-0.39, 0.29) is 12.6 Å². The van der Waals surface area contributed by atoms with E-state index in [1.54, 1.807) is 0 Å². The van der Waals surface area contributed by atoms with Crippen LogP contribution in [0.15, 0.2) is 4.42 Å². The first kappa shape index (κ1) is 12.1. The molecule has 1 aromatic heterocycles. The lowest BCUT2D eigenvalue weighted by Gasteiger charge is -2.23. The molecule has 0 aliphatic heterocycles. The Kier molecular flexibility index (Phi) is 4.71. The van der Waals surface area contributed by atoms with Gasteiger partial charge in [-0.25, -0.2) is 0 Å². The fourth-order valence-corrected chi connectivity index (χ4v) is 1.49. The summed E-state index contributed by atoms with van der Waals surface area (Å²) < 4.78 is 5.48. The molecule has 1 heterocycles. The summed E-state index contributed by atoms with van der Waals surface area (Å²) in [6.07, 6.45) is 0.756. The smallest absolute Gasteiger partial charge is 0.233 e. The Morgan fingerprint density at radius 3 is 2.60 bits per heavy atom. The average molecular weight is 213 g/mol. The highest BCUT2D eigenvalue weighted by Gasteiger charge is 2.19. The minimum Gasteiger partial charge on any atom is -0.424 e. The second-order valence-electron chi connectivity index (χ2n) is 3.42. The second kappa shape index (κ2) is 5.82. The van der Waals surface area contributed by atoms with Crippen LogP contribution >= 0.6 is 0 Å². The molecule has 5 nitrogen and oxygen atoms in total. The molecule has 86 valence electrons. The zero-order chi connectivity index (χ0) is 11.3. The van der Waals surface area contributed by atoms with Gasteiger partial charge in [-0.2, -0.15) is 0 Å². The van der Waals surface area contributed by atoms with Crippen LogP contribution in [0.1, 0.15) is 38.6 Å². The van der Waals surface area contributed by atoms with Crippen LogP contribution in [0.3, 0.4) is 0 Å². The monoisotopic (exact) mass is 213 g/mol. The summed E-state index contributed by atoms with van der Waals surface area (Å²) >= 11 is 0. The van der Waals surface area contributed by atoms with Crippen LogP contribution in [-0.4, -0.2) is 39.9 Å². The molecule has 5 heteroatoms. The van der Waals surface area contributed by atoms with Gasteiger partial charge in [0.25, 0.3) is 0 Å². The Bertz CT molecular complexity index is 288. The van der Waals surface area contributed by atoms with Crippen molar-refractivity contribution in [3.05, 3.63) is 11.8 Å². The number of aromatic nitrogens is 2. The molecule has 0 aliphatic rings. The number of hydrogen-bond acceptors (Lipinski definition) is 5. The van der Waals surface area contributed by atoms with E-state index in [0.717, 1.165) is 13.0 Å². The fraction of sp³-hybridized carbons (Fsp3) is 0.800. The third-order valence-corrected chi connectivity index (χ3v) is 2.48. The molecule has 0 saturated carbocycles.